The highest BCUT2D eigenvalue weighted by Gasteiger charge is 2.13. The summed E-state index contributed by atoms with van der Waals surface area (Å²) in [5, 5.41) is 3.27. The van der Waals surface area contributed by atoms with E-state index in [9.17, 15) is 4.79 Å². The van der Waals surface area contributed by atoms with E-state index in [-0.39, 0.29) is 0 Å². The van der Waals surface area contributed by atoms with E-state index < -0.39 is 12.0 Å². The number of methoxy groups -OCH3 is 1. The molecule has 5 nitrogen and oxygen atoms in total. The largest absolute Gasteiger partial charge is 0.468 e. The van der Waals surface area contributed by atoms with Crippen molar-refractivity contribution < 1.29 is 9.53 Å². The van der Waals surface area contributed by atoms with Crippen LogP contribution in [0.4, 0.5) is 5.69 Å². The van der Waals surface area contributed by atoms with Crippen molar-refractivity contribution in [1.82, 2.24) is 0 Å². The van der Waals surface area contributed by atoms with Crippen LogP contribution in [0.15, 0.2) is 29.4 Å². The summed E-state index contributed by atoms with van der Waals surface area (Å²) in [5.74, 6) is -0.427. The van der Waals surface area contributed by atoms with E-state index in [4.69, 9.17) is 11.3 Å². The molecule has 15 heavy (non-hydrogen) atoms. The second kappa shape index (κ2) is 5.21. The SMILES string of the molecule is COC(=O)[C@@H](N)Cc1ccc(N=N)cc1. The minimum absolute atomic E-state index is 0.422. The highest BCUT2D eigenvalue weighted by Crippen LogP contribution is 2.13. The normalized spacial score (nSPS) is 11.9. The number of nitrogens with one attached hydrogen (secondary N) is 1. The van der Waals surface area contributed by atoms with Gasteiger partial charge in [-0.05, 0) is 24.1 Å². The summed E-state index contributed by atoms with van der Waals surface area (Å²) < 4.78 is 4.52. The van der Waals surface area contributed by atoms with Gasteiger partial charge in [0.25, 0.3) is 0 Å². The molecular weight excluding hydrogens is 194 g/mol. The number of nitrogens with two attached hydrogens (primary N) is 1. The summed E-state index contributed by atoms with van der Waals surface area (Å²) >= 11 is 0. The number of hydrogen-bond donors (Lipinski definition) is 2. The number of ether oxygens (including phenoxy) is 1. The molecule has 0 aromatic heterocycles. The Kier molecular flexibility index (Phi) is 3.93. The van der Waals surface area contributed by atoms with Crippen LogP contribution in [0, 0.1) is 5.53 Å². The zero-order chi connectivity index (χ0) is 11.3. The molecule has 0 aliphatic rings. The van der Waals surface area contributed by atoms with Crippen molar-refractivity contribution in [1.29, 1.82) is 5.53 Å². The lowest BCUT2D eigenvalue weighted by molar-refractivity contribution is -0.142. The lowest BCUT2D eigenvalue weighted by Gasteiger charge is -2.08. The van der Waals surface area contributed by atoms with E-state index in [1.807, 2.05) is 0 Å². The lowest BCUT2D eigenvalue weighted by atomic mass is 10.1. The third-order valence-electron chi connectivity index (χ3n) is 2.02. The van der Waals surface area contributed by atoms with Crippen molar-refractivity contribution in [3.63, 3.8) is 0 Å². The Morgan fingerprint density at radius 3 is 2.60 bits per heavy atom. The molecule has 0 heterocycles. The number of benzene rings is 1. The van der Waals surface area contributed by atoms with Gasteiger partial charge < -0.3 is 10.5 Å². The Bertz CT molecular complexity index is 348. The van der Waals surface area contributed by atoms with E-state index in [0.717, 1.165) is 5.56 Å². The molecule has 5 heteroatoms. The molecule has 80 valence electrons. The maximum Gasteiger partial charge on any atom is 0.322 e. The first-order chi connectivity index (χ1) is 7.17. The van der Waals surface area contributed by atoms with Crippen LogP contribution < -0.4 is 5.73 Å². The summed E-state index contributed by atoms with van der Waals surface area (Å²) in [7, 11) is 1.31. The van der Waals surface area contributed by atoms with E-state index in [0.29, 0.717) is 12.1 Å². The predicted octanol–water partition coefficient (Wildman–Crippen LogP) is 1.39. The Hall–Kier alpha value is -1.75. The minimum Gasteiger partial charge on any atom is -0.468 e. The Labute approximate surface area is 87.7 Å². The maximum absolute atomic E-state index is 11.0. The highest BCUT2D eigenvalue weighted by atomic mass is 16.5. The molecule has 0 spiro atoms. The smallest absolute Gasteiger partial charge is 0.322 e. The Balaban J connectivity index is 2.64. The molecule has 1 aromatic carbocycles. The van der Waals surface area contributed by atoms with Crippen LogP contribution in [0.1, 0.15) is 5.56 Å². The van der Waals surface area contributed by atoms with Crippen LogP contribution in [0.3, 0.4) is 0 Å². The topological polar surface area (TPSA) is 88.5 Å². The van der Waals surface area contributed by atoms with E-state index >= 15 is 0 Å². The van der Waals surface area contributed by atoms with Gasteiger partial charge in [0.05, 0.1) is 12.8 Å². The summed E-state index contributed by atoms with van der Waals surface area (Å²) in [6, 6.07) is 6.33. The molecule has 3 N–H and O–H groups in total. The van der Waals surface area contributed by atoms with E-state index in [2.05, 4.69) is 9.85 Å². The number of nitrogens with zero attached hydrogens (tertiary/aromatic N) is 1. The van der Waals surface area contributed by atoms with Gasteiger partial charge in [0.2, 0.25) is 0 Å². The fourth-order valence-electron chi connectivity index (χ4n) is 1.20. The van der Waals surface area contributed by atoms with Gasteiger partial charge in [0.15, 0.2) is 0 Å². The number of hydrogen-bond acceptors (Lipinski definition) is 5. The zero-order valence-electron chi connectivity index (χ0n) is 8.43. The fourth-order valence-corrected chi connectivity index (χ4v) is 1.20. The lowest BCUT2D eigenvalue weighted by Crippen LogP contribution is -2.33. The van der Waals surface area contributed by atoms with Crippen LogP contribution in [0.2, 0.25) is 0 Å². The number of carbonyl (C=O) groups is 1. The molecule has 1 rings (SSSR count). The first-order valence-electron chi connectivity index (χ1n) is 4.47. The molecule has 0 fully saturated rings. The van der Waals surface area contributed by atoms with Gasteiger partial charge in [-0.1, -0.05) is 12.1 Å². The fraction of sp³-hybridized carbons (Fsp3) is 0.300. The van der Waals surface area contributed by atoms with Gasteiger partial charge in [-0.25, -0.2) is 5.53 Å². The summed E-state index contributed by atoms with van der Waals surface area (Å²) in [4.78, 5) is 11.0. The van der Waals surface area contributed by atoms with Crippen molar-refractivity contribution in [2.75, 3.05) is 7.11 Å². The van der Waals surface area contributed by atoms with Gasteiger partial charge in [-0.2, -0.15) is 5.11 Å². The summed E-state index contributed by atoms with van der Waals surface area (Å²) in [6.45, 7) is 0. The average molecular weight is 207 g/mol. The van der Waals surface area contributed by atoms with Crippen LogP contribution in [0.5, 0.6) is 0 Å². The average Bonchev–Trinajstić information content (AvgIpc) is 2.29. The van der Waals surface area contributed by atoms with Crippen LogP contribution in [0.25, 0.3) is 0 Å². The van der Waals surface area contributed by atoms with E-state index in [1.165, 1.54) is 7.11 Å². The van der Waals surface area contributed by atoms with Gasteiger partial charge >= 0.3 is 5.97 Å². The first-order valence-corrected chi connectivity index (χ1v) is 4.47. The molecule has 1 aromatic rings. The highest BCUT2D eigenvalue weighted by molar-refractivity contribution is 5.75. The molecule has 0 saturated carbocycles. The number of rotatable bonds is 4. The minimum atomic E-state index is -0.645. The van der Waals surface area contributed by atoms with Crippen molar-refractivity contribution in [2.45, 2.75) is 12.5 Å². The van der Waals surface area contributed by atoms with Crippen molar-refractivity contribution in [3.8, 4) is 0 Å². The Morgan fingerprint density at radius 2 is 2.13 bits per heavy atom. The third-order valence-corrected chi connectivity index (χ3v) is 2.02. The van der Waals surface area contributed by atoms with E-state index in [1.54, 1.807) is 24.3 Å². The van der Waals surface area contributed by atoms with Crippen molar-refractivity contribution >= 4 is 11.7 Å². The summed E-state index contributed by atoms with van der Waals surface area (Å²) in [5.41, 5.74) is 13.9. The number of esters is 1. The second-order valence-corrected chi connectivity index (χ2v) is 3.11. The monoisotopic (exact) mass is 207 g/mol. The second-order valence-electron chi connectivity index (χ2n) is 3.11. The summed E-state index contributed by atoms with van der Waals surface area (Å²) in [6.07, 6.45) is 0.422. The molecule has 0 amide bonds. The molecule has 0 aliphatic heterocycles. The Morgan fingerprint density at radius 1 is 1.53 bits per heavy atom. The predicted molar refractivity (Wildman–Crippen MR) is 54.9 cm³/mol. The number of carbonyl (C=O) groups excluding carboxylic acids is 1. The molecule has 0 unspecified atom stereocenters. The quantitative estimate of drug-likeness (QED) is 0.577. The van der Waals surface area contributed by atoms with Gasteiger partial charge in [-0.3, -0.25) is 4.79 Å². The van der Waals surface area contributed by atoms with Crippen LogP contribution in [-0.2, 0) is 16.0 Å². The van der Waals surface area contributed by atoms with Crippen molar-refractivity contribution in [3.05, 3.63) is 29.8 Å². The third kappa shape index (κ3) is 3.14. The zero-order valence-corrected chi connectivity index (χ0v) is 8.43. The van der Waals surface area contributed by atoms with Gasteiger partial charge in [-0.15, -0.1) is 0 Å². The molecule has 0 bridgehead atoms. The maximum atomic E-state index is 11.0. The van der Waals surface area contributed by atoms with Gasteiger partial charge in [0, 0.05) is 0 Å². The first kappa shape index (κ1) is 11.3. The molecule has 0 aliphatic carbocycles. The molecule has 0 saturated heterocycles. The van der Waals surface area contributed by atoms with Gasteiger partial charge in [0.1, 0.15) is 6.04 Å². The molecule has 1 atom stereocenters. The van der Waals surface area contributed by atoms with Crippen LogP contribution >= 0.6 is 0 Å². The molecule has 0 radical (unpaired) electrons. The molecular formula is C10H13N3O2. The van der Waals surface area contributed by atoms with Crippen LogP contribution in [-0.4, -0.2) is 19.1 Å². The van der Waals surface area contributed by atoms with Crippen molar-refractivity contribution in [2.24, 2.45) is 10.8 Å². The standard InChI is InChI=1S/C10H13N3O2/c1-15-10(14)9(11)6-7-2-4-8(13-12)5-3-7/h2-5,9,12H,6,11H2,1H3/t9-/m0/s1.